The molecule has 2 rings (SSSR count). The quantitative estimate of drug-likeness (QED) is 0.278. The summed E-state index contributed by atoms with van der Waals surface area (Å²) in [6.07, 6.45) is 2.93. The van der Waals surface area contributed by atoms with Crippen LogP contribution in [0.25, 0.3) is 6.08 Å². The smallest absolute Gasteiger partial charge is 0.340 e. The summed E-state index contributed by atoms with van der Waals surface area (Å²) in [6.45, 7) is 3.58. The summed E-state index contributed by atoms with van der Waals surface area (Å²) >= 11 is 4.32. The van der Waals surface area contributed by atoms with E-state index in [1.807, 2.05) is 13.8 Å². The molecule has 176 valence electrons. The van der Waals surface area contributed by atoms with Crippen molar-refractivity contribution in [2.45, 2.75) is 18.6 Å². The lowest BCUT2D eigenvalue weighted by molar-refractivity contribution is -0.124. The van der Waals surface area contributed by atoms with E-state index in [1.165, 1.54) is 19.3 Å². The van der Waals surface area contributed by atoms with Gasteiger partial charge in [-0.2, -0.15) is 12.6 Å². The Morgan fingerprint density at radius 2 is 1.73 bits per heavy atom. The molecule has 0 unspecified atom stereocenters. The van der Waals surface area contributed by atoms with Crippen LogP contribution in [0.1, 0.15) is 29.8 Å². The van der Waals surface area contributed by atoms with E-state index in [1.54, 1.807) is 49.6 Å². The third-order valence-corrected chi connectivity index (χ3v) is 4.45. The first-order valence-corrected chi connectivity index (χ1v) is 10.5. The Kier molecular flexibility index (Phi) is 9.35. The number of carbonyl (C=O) groups excluding carboxylic acids is 3. The number of nitrogens with one attached hydrogen (secondary N) is 2. The molecule has 0 saturated heterocycles. The second kappa shape index (κ2) is 12.0. The van der Waals surface area contributed by atoms with Crippen LogP contribution in [0.5, 0.6) is 11.5 Å². The SMILES string of the molecule is COc1ccc(C=CC(=O)Nc2ccccc2C(=O)OCC(=O)NCC(C)(C)S)cc1OC. The van der Waals surface area contributed by atoms with Crippen LogP contribution in [0.2, 0.25) is 0 Å². The van der Waals surface area contributed by atoms with Gasteiger partial charge >= 0.3 is 5.97 Å². The van der Waals surface area contributed by atoms with Gasteiger partial charge in [-0.05, 0) is 49.8 Å². The van der Waals surface area contributed by atoms with E-state index < -0.39 is 24.4 Å². The van der Waals surface area contributed by atoms with Gasteiger partial charge in [0.15, 0.2) is 18.1 Å². The Balaban J connectivity index is 2.00. The number of rotatable bonds is 10. The number of thiol groups is 1. The van der Waals surface area contributed by atoms with Crippen LogP contribution < -0.4 is 20.1 Å². The highest BCUT2D eigenvalue weighted by atomic mass is 32.1. The Hall–Kier alpha value is -3.46. The van der Waals surface area contributed by atoms with Crippen LogP contribution in [-0.2, 0) is 14.3 Å². The highest BCUT2D eigenvalue weighted by molar-refractivity contribution is 7.81. The van der Waals surface area contributed by atoms with Crippen LogP contribution in [0, 0.1) is 0 Å². The molecule has 0 spiro atoms. The van der Waals surface area contributed by atoms with Crippen molar-refractivity contribution in [2.75, 3.05) is 32.7 Å². The lowest BCUT2D eigenvalue weighted by Gasteiger charge is -2.17. The van der Waals surface area contributed by atoms with Crippen LogP contribution in [-0.4, -0.2) is 49.9 Å². The highest BCUT2D eigenvalue weighted by Gasteiger charge is 2.17. The number of esters is 1. The third-order valence-electron chi connectivity index (χ3n) is 4.29. The van der Waals surface area contributed by atoms with Gasteiger partial charge in [0.25, 0.3) is 5.91 Å². The maximum Gasteiger partial charge on any atom is 0.340 e. The summed E-state index contributed by atoms with van der Waals surface area (Å²) in [5.74, 6) is -0.497. The normalized spacial score (nSPS) is 11.1. The first-order valence-electron chi connectivity index (χ1n) is 10.1. The van der Waals surface area contributed by atoms with Gasteiger partial charge in [0.2, 0.25) is 5.91 Å². The fourth-order valence-electron chi connectivity index (χ4n) is 2.65. The number of amides is 2. The summed E-state index contributed by atoms with van der Waals surface area (Å²) < 4.78 is 15.1. The number of ether oxygens (including phenoxy) is 3. The Morgan fingerprint density at radius 1 is 1.03 bits per heavy atom. The molecular weight excluding hydrogens is 444 g/mol. The molecule has 0 atom stereocenters. The van der Waals surface area contributed by atoms with Gasteiger partial charge in [-0.25, -0.2) is 4.79 Å². The van der Waals surface area contributed by atoms with Crippen molar-refractivity contribution >= 4 is 42.2 Å². The third kappa shape index (κ3) is 8.53. The van der Waals surface area contributed by atoms with E-state index in [4.69, 9.17) is 14.2 Å². The Labute approximate surface area is 198 Å². The molecule has 0 fully saturated rings. The molecule has 2 aromatic carbocycles. The number of carbonyl (C=O) groups is 3. The first-order chi connectivity index (χ1) is 15.6. The maximum absolute atomic E-state index is 12.5. The van der Waals surface area contributed by atoms with Crippen molar-refractivity contribution in [3.8, 4) is 11.5 Å². The number of hydrogen-bond donors (Lipinski definition) is 3. The molecule has 0 heterocycles. The molecule has 0 aliphatic rings. The van der Waals surface area contributed by atoms with Crippen molar-refractivity contribution in [1.82, 2.24) is 5.32 Å². The molecule has 0 aliphatic heterocycles. The van der Waals surface area contributed by atoms with Crippen molar-refractivity contribution < 1.29 is 28.6 Å². The van der Waals surface area contributed by atoms with Gasteiger partial charge in [-0.15, -0.1) is 0 Å². The zero-order chi connectivity index (χ0) is 24.4. The molecule has 2 N–H and O–H groups in total. The summed E-state index contributed by atoms with van der Waals surface area (Å²) in [5.41, 5.74) is 1.12. The molecular formula is C24H28N2O6S. The molecule has 2 aromatic rings. The van der Waals surface area contributed by atoms with E-state index in [9.17, 15) is 14.4 Å². The molecule has 0 radical (unpaired) electrons. The van der Waals surface area contributed by atoms with Gasteiger partial charge in [0, 0.05) is 17.4 Å². The summed E-state index contributed by atoms with van der Waals surface area (Å²) in [4.78, 5) is 36.7. The minimum absolute atomic E-state index is 0.132. The number of methoxy groups -OCH3 is 2. The van der Waals surface area contributed by atoms with E-state index >= 15 is 0 Å². The van der Waals surface area contributed by atoms with Gasteiger partial charge in [-0.1, -0.05) is 18.2 Å². The topological polar surface area (TPSA) is 103 Å². The minimum Gasteiger partial charge on any atom is -0.493 e. The number of benzene rings is 2. The Morgan fingerprint density at radius 3 is 2.39 bits per heavy atom. The zero-order valence-electron chi connectivity index (χ0n) is 19.0. The molecule has 0 aromatic heterocycles. The standard InChI is InChI=1S/C24H28N2O6S/c1-24(2,33)15-25-22(28)14-32-23(29)17-7-5-6-8-18(17)26-21(27)12-10-16-9-11-19(30-3)20(13-16)31-4/h5-13,33H,14-15H2,1-4H3,(H,25,28)(H,26,27). The molecule has 0 saturated carbocycles. The zero-order valence-corrected chi connectivity index (χ0v) is 19.9. The molecule has 0 aliphatic carbocycles. The lowest BCUT2D eigenvalue weighted by Crippen LogP contribution is -2.37. The average molecular weight is 473 g/mol. The van der Waals surface area contributed by atoms with Gasteiger partial charge < -0.3 is 24.8 Å². The second-order valence-corrected chi connectivity index (χ2v) is 8.86. The summed E-state index contributed by atoms with van der Waals surface area (Å²) in [7, 11) is 3.07. The maximum atomic E-state index is 12.5. The Bertz CT molecular complexity index is 1030. The van der Waals surface area contributed by atoms with Gasteiger partial charge in [0.05, 0.1) is 25.5 Å². The fraction of sp³-hybridized carbons (Fsp3) is 0.292. The number of hydrogen-bond acceptors (Lipinski definition) is 7. The molecule has 8 nitrogen and oxygen atoms in total. The number of para-hydroxylation sites is 1. The van der Waals surface area contributed by atoms with Crippen molar-refractivity contribution in [2.24, 2.45) is 0 Å². The van der Waals surface area contributed by atoms with E-state index in [2.05, 4.69) is 23.3 Å². The van der Waals surface area contributed by atoms with E-state index in [0.29, 0.717) is 18.0 Å². The molecule has 0 bridgehead atoms. The van der Waals surface area contributed by atoms with Crippen molar-refractivity contribution in [1.29, 1.82) is 0 Å². The van der Waals surface area contributed by atoms with Gasteiger partial charge in [0.1, 0.15) is 0 Å². The van der Waals surface area contributed by atoms with Gasteiger partial charge in [-0.3, -0.25) is 9.59 Å². The summed E-state index contributed by atoms with van der Waals surface area (Å²) in [6, 6.07) is 11.6. The molecule has 33 heavy (non-hydrogen) atoms. The molecule has 9 heteroatoms. The second-order valence-electron chi connectivity index (χ2n) is 7.65. The average Bonchev–Trinajstić information content (AvgIpc) is 2.79. The number of anilines is 1. The predicted octanol–water partition coefficient (Wildman–Crippen LogP) is 3.34. The van der Waals surface area contributed by atoms with Crippen molar-refractivity contribution in [3.05, 3.63) is 59.7 Å². The van der Waals surface area contributed by atoms with Crippen molar-refractivity contribution in [3.63, 3.8) is 0 Å². The van der Waals surface area contributed by atoms with Crippen LogP contribution in [0.3, 0.4) is 0 Å². The highest BCUT2D eigenvalue weighted by Crippen LogP contribution is 2.28. The monoisotopic (exact) mass is 472 g/mol. The summed E-state index contributed by atoms with van der Waals surface area (Å²) in [5, 5.41) is 5.29. The molecule has 2 amide bonds. The van der Waals surface area contributed by atoms with E-state index in [0.717, 1.165) is 5.56 Å². The van der Waals surface area contributed by atoms with Crippen LogP contribution in [0.15, 0.2) is 48.5 Å². The predicted molar refractivity (Wildman–Crippen MR) is 130 cm³/mol. The van der Waals surface area contributed by atoms with Crippen LogP contribution >= 0.6 is 12.6 Å². The first kappa shape index (κ1) is 25.8. The largest absolute Gasteiger partial charge is 0.493 e. The minimum atomic E-state index is -0.727. The van der Waals surface area contributed by atoms with E-state index in [-0.39, 0.29) is 16.0 Å². The van der Waals surface area contributed by atoms with Crippen LogP contribution in [0.4, 0.5) is 5.69 Å². The fourth-order valence-corrected chi connectivity index (χ4v) is 2.73. The lowest BCUT2D eigenvalue weighted by atomic mass is 10.1.